The van der Waals surface area contributed by atoms with Crippen LogP contribution in [-0.4, -0.2) is 50.9 Å². The van der Waals surface area contributed by atoms with Crippen LogP contribution in [0.5, 0.6) is 5.75 Å². The zero-order valence-electron chi connectivity index (χ0n) is 19.2. The first-order chi connectivity index (χ1) is 16.4. The van der Waals surface area contributed by atoms with Crippen molar-refractivity contribution in [1.82, 2.24) is 4.31 Å². The molecular weight excluding hydrogens is 456 g/mol. The van der Waals surface area contributed by atoms with Crippen molar-refractivity contribution in [2.45, 2.75) is 37.5 Å². The van der Waals surface area contributed by atoms with Gasteiger partial charge < -0.3 is 14.8 Å². The Labute approximate surface area is 200 Å². The summed E-state index contributed by atoms with van der Waals surface area (Å²) in [6, 6.07) is 13.2. The minimum atomic E-state index is -3.52. The summed E-state index contributed by atoms with van der Waals surface area (Å²) < 4.78 is 37.5. The highest BCUT2D eigenvalue weighted by molar-refractivity contribution is 7.89. The number of amides is 1. The van der Waals surface area contributed by atoms with Gasteiger partial charge in [0.15, 0.2) is 6.61 Å². The molecule has 1 N–H and O–H groups in total. The Bertz CT molecular complexity index is 1090. The van der Waals surface area contributed by atoms with Gasteiger partial charge in [-0.2, -0.15) is 4.31 Å². The maximum absolute atomic E-state index is 12.8. The van der Waals surface area contributed by atoms with Crippen molar-refractivity contribution in [3.05, 3.63) is 60.2 Å². The Morgan fingerprint density at radius 3 is 2.24 bits per heavy atom. The summed E-state index contributed by atoms with van der Waals surface area (Å²) in [6.45, 7) is 3.10. The number of hydrogen-bond donors (Lipinski definition) is 1. The van der Waals surface area contributed by atoms with Crippen LogP contribution in [0.3, 0.4) is 0 Å². The van der Waals surface area contributed by atoms with E-state index in [1.807, 2.05) is 6.92 Å². The minimum absolute atomic E-state index is 0.236. The molecule has 182 valence electrons. The summed E-state index contributed by atoms with van der Waals surface area (Å²) in [5, 5.41) is 2.63. The monoisotopic (exact) mass is 486 g/mol. The highest BCUT2D eigenvalue weighted by Crippen LogP contribution is 2.21. The van der Waals surface area contributed by atoms with Gasteiger partial charge in [0.05, 0.1) is 11.5 Å². The van der Waals surface area contributed by atoms with Crippen molar-refractivity contribution in [3.63, 3.8) is 0 Å². The van der Waals surface area contributed by atoms with E-state index in [2.05, 4.69) is 5.32 Å². The first-order valence-corrected chi connectivity index (χ1v) is 12.8. The van der Waals surface area contributed by atoms with Gasteiger partial charge in [-0.15, -0.1) is 0 Å². The summed E-state index contributed by atoms with van der Waals surface area (Å²) in [7, 11) is -3.52. The van der Waals surface area contributed by atoms with Crippen molar-refractivity contribution < 1.29 is 27.5 Å². The van der Waals surface area contributed by atoms with Crippen molar-refractivity contribution in [1.29, 1.82) is 0 Å². The Hall–Kier alpha value is -3.17. The van der Waals surface area contributed by atoms with E-state index in [0.29, 0.717) is 36.7 Å². The third-order valence-corrected chi connectivity index (χ3v) is 7.20. The number of nitrogens with zero attached hydrogens (tertiary/aromatic N) is 1. The van der Waals surface area contributed by atoms with E-state index in [-0.39, 0.29) is 4.90 Å². The molecule has 0 radical (unpaired) electrons. The van der Waals surface area contributed by atoms with Gasteiger partial charge in [0.1, 0.15) is 5.75 Å². The molecule has 0 atom stereocenters. The van der Waals surface area contributed by atoms with Gasteiger partial charge in [0.25, 0.3) is 5.91 Å². The Kier molecular flexibility index (Phi) is 9.24. The van der Waals surface area contributed by atoms with Gasteiger partial charge in [-0.1, -0.05) is 25.0 Å². The predicted molar refractivity (Wildman–Crippen MR) is 130 cm³/mol. The number of sulfonamides is 1. The smallest absolute Gasteiger partial charge is 0.331 e. The highest BCUT2D eigenvalue weighted by Gasteiger charge is 2.24. The van der Waals surface area contributed by atoms with E-state index in [1.54, 1.807) is 40.7 Å². The van der Waals surface area contributed by atoms with E-state index in [1.165, 1.54) is 24.3 Å². The highest BCUT2D eigenvalue weighted by atomic mass is 32.2. The maximum Gasteiger partial charge on any atom is 0.331 e. The van der Waals surface area contributed by atoms with Crippen molar-refractivity contribution in [2.24, 2.45) is 0 Å². The number of benzene rings is 2. The SMILES string of the molecule is CCOc1ccc(NC(=O)COC(=O)/C=C/c2ccc(S(=O)(=O)N3CCCCCC3)cc2)cc1. The first-order valence-electron chi connectivity index (χ1n) is 11.4. The van der Waals surface area contributed by atoms with Crippen molar-refractivity contribution in [3.8, 4) is 5.75 Å². The quantitative estimate of drug-likeness (QED) is 0.427. The van der Waals surface area contributed by atoms with Crippen LogP contribution in [0, 0.1) is 0 Å². The normalized spacial score (nSPS) is 15.0. The molecule has 0 aliphatic carbocycles. The summed E-state index contributed by atoms with van der Waals surface area (Å²) in [5.41, 5.74) is 1.21. The van der Waals surface area contributed by atoms with E-state index in [9.17, 15) is 18.0 Å². The Morgan fingerprint density at radius 2 is 1.62 bits per heavy atom. The second kappa shape index (κ2) is 12.3. The molecule has 1 heterocycles. The molecule has 1 fully saturated rings. The van der Waals surface area contributed by atoms with Crippen LogP contribution in [0.1, 0.15) is 38.2 Å². The van der Waals surface area contributed by atoms with E-state index < -0.39 is 28.5 Å². The molecule has 0 saturated carbocycles. The number of ether oxygens (including phenoxy) is 2. The molecule has 3 rings (SSSR count). The molecule has 2 aromatic carbocycles. The molecular formula is C25H30N2O6S. The zero-order chi connectivity index (χ0) is 24.4. The Balaban J connectivity index is 1.48. The lowest BCUT2D eigenvalue weighted by atomic mass is 10.2. The van der Waals surface area contributed by atoms with Crippen LogP contribution in [0.25, 0.3) is 6.08 Å². The number of carbonyl (C=O) groups is 2. The number of esters is 1. The second-order valence-corrected chi connectivity index (χ2v) is 9.77. The number of carbonyl (C=O) groups excluding carboxylic acids is 2. The first kappa shape index (κ1) is 25.5. The molecule has 9 heteroatoms. The molecule has 8 nitrogen and oxygen atoms in total. The average molecular weight is 487 g/mol. The van der Waals surface area contributed by atoms with Gasteiger partial charge in [0.2, 0.25) is 10.0 Å². The Morgan fingerprint density at radius 1 is 0.971 bits per heavy atom. The standard InChI is InChI=1S/C25H30N2O6S/c1-2-32-22-12-10-21(11-13-22)26-24(28)19-33-25(29)16-9-20-7-14-23(15-8-20)34(30,31)27-17-5-3-4-6-18-27/h7-16H,2-6,17-19H2,1H3,(H,26,28)/b16-9+. The van der Waals surface area contributed by atoms with Gasteiger partial charge >= 0.3 is 5.97 Å². The molecule has 1 amide bonds. The average Bonchev–Trinajstić information content (AvgIpc) is 3.13. The molecule has 0 spiro atoms. The third kappa shape index (κ3) is 7.43. The van der Waals surface area contributed by atoms with Crippen LogP contribution < -0.4 is 10.1 Å². The van der Waals surface area contributed by atoms with Crippen LogP contribution in [-0.2, 0) is 24.3 Å². The van der Waals surface area contributed by atoms with Crippen LogP contribution >= 0.6 is 0 Å². The molecule has 0 aromatic heterocycles. The summed E-state index contributed by atoms with van der Waals surface area (Å²) in [5.74, 6) is -0.443. The molecule has 34 heavy (non-hydrogen) atoms. The fraction of sp³-hybridized carbons (Fsp3) is 0.360. The molecule has 1 aliphatic rings. The third-order valence-electron chi connectivity index (χ3n) is 5.29. The van der Waals surface area contributed by atoms with Crippen LogP contribution in [0.4, 0.5) is 5.69 Å². The molecule has 0 bridgehead atoms. The van der Waals surface area contributed by atoms with Crippen LogP contribution in [0.15, 0.2) is 59.5 Å². The van der Waals surface area contributed by atoms with Crippen LogP contribution in [0.2, 0.25) is 0 Å². The number of rotatable bonds is 9. The molecule has 2 aromatic rings. The zero-order valence-corrected chi connectivity index (χ0v) is 20.1. The number of anilines is 1. The van der Waals surface area contributed by atoms with E-state index in [4.69, 9.17) is 9.47 Å². The fourth-order valence-electron chi connectivity index (χ4n) is 3.53. The topological polar surface area (TPSA) is 102 Å². The second-order valence-electron chi connectivity index (χ2n) is 7.83. The maximum atomic E-state index is 12.8. The lowest BCUT2D eigenvalue weighted by Gasteiger charge is -2.19. The summed E-state index contributed by atoms with van der Waals surface area (Å²) in [6.07, 6.45) is 6.56. The lowest BCUT2D eigenvalue weighted by Crippen LogP contribution is -2.31. The van der Waals surface area contributed by atoms with E-state index >= 15 is 0 Å². The largest absolute Gasteiger partial charge is 0.494 e. The minimum Gasteiger partial charge on any atom is -0.494 e. The number of hydrogen-bond acceptors (Lipinski definition) is 6. The lowest BCUT2D eigenvalue weighted by molar-refractivity contribution is -0.142. The predicted octanol–water partition coefficient (Wildman–Crippen LogP) is 3.85. The van der Waals surface area contributed by atoms with Crippen molar-refractivity contribution >= 4 is 33.7 Å². The molecule has 1 aliphatic heterocycles. The summed E-state index contributed by atoms with van der Waals surface area (Å²) >= 11 is 0. The van der Waals surface area contributed by atoms with Gasteiger partial charge in [0, 0.05) is 24.9 Å². The van der Waals surface area contributed by atoms with Gasteiger partial charge in [-0.3, -0.25) is 4.79 Å². The van der Waals surface area contributed by atoms with E-state index in [0.717, 1.165) is 25.7 Å². The fourth-order valence-corrected chi connectivity index (χ4v) is 5.05. The van der Waals surface area contributed by atoms with Gasteiger partial charge in [-0.05, 0) is 67.8 Å². The summed E-state index contributed by atoms with van der Waals surface area (Å²) in [4.78, 5) is 24.2. The number of nitrogens with one attached hydrogen (secondary N) is 1. The van der Waals surface area contributed by atoms with Gasteiger partial charge in [-0.25, -0.2) is 13.2 Å². The molecule has 0 unspecified atom stereocenters. The molecule has 1 saturated heterocycles. The van der Waals surface area contributed by atoms with Crippen molar-refractivity contribution in [2.75, 3.05) is 31.6 Å².